The van der Waals surface area contributed by atoms with E-state index < -0.39 is 4.92 Å². The molecule has 1 N–H and O–H groups in total. The van der Waals surface area contributed by atoms with Crippen molar-refractivity contribution >= 4 is 17.4 Å². The number of nitrogens with one attached hydrogen (secondary N) is 1. The highest BCUT2D eigenvalue weighted by molar-refractivity contribution is 5.89. The molecule has 0 saturated carbocycles. The highest BCUT2D eigenvalue weighted by Crippen LogP contribution is 2.23. The second-order valence-electron chi connectivity index (χ2n) is 6.56. The van der Waals surface area contributed by atoms with E-state index in [1.807, 2.05) is 24.3 Å². The first-order valence-electron chi connectivity index (χ1n) is 9.10. The van der Waals surface area contributed by atoms with Gasteiger partial charge in [-0.15, -0.1) is 0 Å². The zero-order valence-corrected chi connectivity index (χ0v) is 15.7. The van der Waals surface area contributed by atoms with E-state index in [0.29, 0.717) is 31.1 Å². The maximum Gasteiger partial charge on any atom is 0.322 e. The van der Waals surface area contributed by atoms with Gasteiger partial charge in [-0.2, -0.15) is 0 Å². The highest BCUT2D eigenvalue weighted by atomic mass is 16.6. The summed E-state index contributed by atoms with van der Waals surface area (Å²) in [5.41, 5.74) is 1.17. The number of benzene rings is 2. The highest BCUT2D eigenvalue weighted by Gasteiger charge is 2.24. The van der Waals surface area contributed by atoms with E-state index >= 15 is 0 Å². The summed E-state index contributed by atoms with van der Waals surface area (Å²) < 4.78 is 11.1. The fourth-order valence-corrected chi connectivity index (χ4v) is 3.19. The number of nitrogens with zero attached hydrogens (tertiary/aromatic N) is 2. The third kappa shape index (κ3) is 4.98. The summed E-state index contributed by atoms with van der Waals surface area (Å²) in [6.07, 6.45) is 1.84. The van der Waals surface area contributed by atoms with Crippen LogP contribution < -0.4 is 10.1 Å². The van der Waals surface area contributed by atoms with Crippen molar-refractivity contribution in [1.29, 1.82) is 0 Å². The number of hydrogen-bond donors (Lipinski definition) is 1. The fourth-order valence-electron chi connectivity index (χ4n) is 3.19. The number of amides is 2. The van der Waals surface area contributed by atoms with Crippen molar-refractivity contribution in [2.24, 2.45) is 0 Å². The van der Waals surface area contributed by atoms with Crippen LogP contribution in [0.25, 0.3) is 0 Å². The molecule has 1 aliphatic heterocycles. The van der Waals surface area contributed by atoms with Crippen LogP contribution in [-0.4, -0.2) is 42.2 Å². The summed E-state index contributed by atoms with van der Waals surface area (Å²) in [6.45, 7) is 1.46. The first kappa shape index (κ1) is 19.6. The monoisotopic (exact) mass is 385 g/mol. The van der Waals surface area contributed by atoms with Gasteiger partial charge in [-0.1, -0.05) is 24.3 Å². The van der Waals surface area contributed by atoms with Crippen molar-refractivity contribution in [1.82, 2.24) is 4.90 Å². The van der Waals surface area contributed by atoms with E-state index in [4.69, 9.17) is 9.47 Å². The predicted octanol–water partition coefficient (Wildman–Crippen LogP) is 3.82. The number of nitro benzene ring substituents is 1. The van der Waals surface area contributed by atoms with Gasteiger partial charge in [0, 0.05) is 36.5 Å². The molecule has 1 saturated heterocycles. The minimum Gasteiger partial charge on any atom is -0.496 e. The third-order valence-electron chi connectivity index (χ3n) is 4.60. The summed E-state index contributed by atoms with van der Waals surface area (Å²) >= 11 is 0. The molecule has 1 unspecified atom stereocenters. The minimum atomic E-state index is -0.491. The molecule has 0 spiro atoms. The third-order valence-corrected chi connectivity index (χ3v) is 4.60. The van der Waals surface area contributed by atoms with Gasteiger partial charge >= 0.3 is 6.03 Å². The Labute approximate surface area is 163 Å². The zero-order chi connectivity index (χ0) is 19.9. The number of hydrogen-bond acceptors (Lipinski definition) is 5. The maximum absolute atomic E-state index is 12.9. The summed E-state index contributed by atoms with van der Waals surface area (Å²) in [6, 6.07) is 13.1. The minimum absolute atomic E-state index is 0.0226. The quantitative estimate of drug-likeness (QED) is 0.578. The van der Waals surface area contributed by atoms with Crippen LogP contribution in [0.4, 0.5) is 16.2 Å². The molecular formula is C20H23N3O5. The first-order valence-corrected chi connectivity index (χ1v) is 9.10. The van der Waals surface area contributed by atoms with E-state index in [-0.39, 0.29) is 17.8 Å². The van der Waals surface area contributed by atoms with Crippen LogP contribution in [0, 0.1) is 10.1 Å². The molecule has 8 nitrogen and oxygen atoms in total. The fraction of sp³-hybridized carbons (Fsp3) is 0.350. The van der Waals surface area contributed by atoms with Crippen molar-refractivity contribution in [3.8, 4) is 5.75 Å². The smallest absolute Gasteiger partial charge is 0.322 e. The van der Waals surface area contributed by atoms with Gasteiger partial charge < -0.3 is 19.7 Å². The summed E-state index contributed by atoms with van der Waals surface area (Å²) in [5, 5.41) is 13.7. The van der Waals surface area contributed by atoms with E-state index in [2.05, 4.69) is 5.32 Å². The average Bonchev–Trinajstić information content (AvgIpc) is 3.21. The molecule has 2 aromatic carbocycles. The van der Waals surface area contributed by atoms with Crippen LogP contribution in [0.1, 0.15) is 18.4 Å². The Morgan fingerprint density at radius 3 is 2.86 bits per heavy atom. The number of non-ortho nitro benzene ring substituents is 1. The Morgan fingerprint density at radius 1 is 1.32 bits per heavy atom. The average molecular weight is 385 g/mol. The lowest BCUT2D eigenvalue weighted by atomic mass is 10.1. The number of nitro groups is 1. The Hall–Kier alpha value is -3.13. The molecule has 8 heteroatoms. The topological polar surface area (TPSA) is 93.9 Å². The zero-order valence-electron chi connectivity index (χ0n) is 15.7. The molecule has 1 fully saturated rings. The Balaban J connectivity index is 1.78. The van der Waals surface area contributed by atoms with E-state index in [9.17, 15) is 14.9 Å². The molecule has 1 aliphatic rings. The molecule has 1 atom stereocenters. The number of carbonyl (C=O) groups excluding carboxylic acids is 1. The second-order valence-corrected chi connectivity index (χ2v) is 6.56. The van der Waals surface area contributed by atoms with Crippen molar-refractivity contribution < 1.29 is 19.2 Å². The number of carbonyl (C=O) groups is 1. The normalized spacial score (nSPS) is 15.8. The number of methoxy groups -OCH3 is 1. The van der Waals surface area contributed by atoms with Crippen LogP contribution in [0.3, 0.4) is 0 Å². The van der Waals surface area contributed by atoms with E-state index in [0.717, 1.165) is 18.4 Å². The molecule has 148 valence electrons. The molecule has 1 heterocycles. The molecule has 0 aliphatic carbocycles. The van der Waals surface area contributed by atoms with Crippen molar-refractivity contribution in [2.75, 3.05) is 25.6 Å². The Bertz CT molecular complexity index is 836. The van der Waals surface area contributed by atoms with Gasteiger partial charge in [0.1, 0.15) is 5.75 Å². The lowest BCUT2D eigenvalue weighted by Crippen LogP contribution is -2.39. The van der Waals surface area contributed by atoms with E-state index in [1.165, 1.54) is 12.1 Å². The number of anilines is 1. The largest absolute Gasteiger partial charge is 0.496 e. The van der Waals surface area contributed by atoms with Crippen molar-refractivity contribution in [3.05, 3.63) is 64.2 Å². The van der Waals surface area contributed by atoms with Gasteiger partial charge in [-0.05, 0) is 25.0 Å². The number of para-hydroxylation sites is 1. The lowest BCUT2D eigenvalue weighted by molar-refractivity contribution is -0.384. The second kappa shape index (κ2) is 9.18. The van der Waals surface area contributed by atoms with Gasteiger partial charge in [-0.3, -0.25) is 10.1 Å². The number of rotatable bonds is 7. The van der Waals surface area contributed by atoms with Crippen LogP contribution >= 0.6 is 0 Å². The van der Waals surface area contributed by atoms with Gasteiger partial charge in [0.25, 0.3) is 5.69 Å². The Kier molecular flexibility index (Phi) is 6.44. The Morgan fingerprint density at radius 2 is 2.14 bits per heavy atom. The van der Waals surface area contributed by atoms with Crippen LogP contribution in [0.15, 0.2) is 48.5 Å². The SMILES string of the molecule is COc1ccccc1CN(CC1CCCO1)C(=O)Nc1cccc([N+](=O)[O-])c1. The first-order chi connectivity index (χ1) is 13.6. The molecular weight excluding hydrogens is 362 g/mol. The summed E-state index contributed by atoms with van der Waals surface area (Å²) in [4.78, 5) is 25.1. The number of ether oxygens (including phenoxy) is 2. The van der Waals surface area contributed by atoms with Crippen LogP contribution in [0.2, 0.25) is 0 Å². The maximum atomic E-state index is 12.9. The lowest BCUT2D eigenvalue weighted by Gasteiger charge is -2.26. The molecule has 2 amide bonds. The van der Waals surface area contributed by atoms with Gasteiger partial charge in [0.2, 0.25) is 0 Å². The van der Waals surface area contributed by atoms with E-state index in [1.54, 1.807) is 24.1 Å². The summed E-state index contributed by atoms with van der Waals surface area (Å²) in [7, 11) is 1.59. The number of urea groups is 1. The van der Waals surface area contributed by atoms with Crippen molar-refractivity contribution in [2.45, 2.75) is 25.5 Å². The molecule has 2 aromatic rings. The molecule has 28 heavy (non-hydrogen) atoms. The summed E-state index contributed by atoms with van der Waals surface area (Å²) in [5.74, 6) is 0.697. The van der Waals surface area contributed by atoms with Crippen molar-refractivity contribution in [3.63, 3.8) is 0 Å². The van der Waals surface area contributed by atoms with Gasteiger partial charge in [0.15, 0.2) is 0 Å². The molecule has 0 aromatic heterocycles. The molecule has 0 radical (unpaired) electrons. The van der Waals surface area contributed by atoms with Crippen LogP contribution in [-0.2, 0) is 11.3 Å². The standard InChI is InChI=1S/C20H23N3O5/c1-27-19-10-3-2-6-15(19)13-22(14-18-9-5-11-28-18)20(24)21-16-7-4-8-17(12-16)23(25)26/h2-4,6-8,10,12,18H,5,9,11,13-14H2,1H3,(H,21,24). The van der Waals surface area contributed by atoms with Crippen LogP contribution in [0.5, 0.6) is 5.75 Å². The molecule has 3 rings (SSSR count). The molecule has 0 bridgehead atoms. The van der Waals surface area contributed by atoms with Gasteiger partial charge in [0.05, 0.1) is 24.7 Å². The predicted molar refractivity (Wildman–Crippen MR) is 104 cm³/mol. The van der Waals surface area contributed by atoms with Gasteiger partial charge in [-0.25, -0.2) is 4.79 Å².